The summed E-state index contributed by atoms with van der Waals surface area (Å²) >= 11 is 0. The Morgan fingerprint density at radius 2 is 1.62 bits per heavy atom. The number of nitrogens with one attached hydrogen (secondary N) is 1. The summed E-state index contributed by atoms with van der Waals surface area (Å²) in [6.45, 7) is 10.6. The molecule has 158 valence electrons. The van der Waals surface area contributed by atoms with Crippen molar-refractivity contribution in [1.82, 2.24) is 9.62 Å². The fourth-order valence-electron chi connectivity index (χ4n) is 3.19. The first-order chi connectivity index (χ1) is 13.8. The zero-order chi connectivity index (χ0) is 21.4. The van der Waals surface area contributed by atoms with Crippen molar-refractivity contribution in [3.05, 3.63) is 59.7 Å². The number of hydrogen-bond donors (Lipinski definition) is 1. The van der Waals surface area contributed by atoms with Gasteiger partial charge in [-0.05, 0) is 55.8 Å². The highest BCUT2D eigenvalue weighted by Gasteiger charge is 2.21. The lowest BCUT2D eigenvalue weighted by atomic mass is 10.2. The van der Waals surface area contributed by atoms with Gasteiger partial charge in [-0.3, -0.25) is 4.79 Å². The molecule has 0 heterocycles. The first-order valence-corrected chi connectivity index (χ1v) is 11.5. The van der Waals surface area contributed by atoms with E-state index in [0.717, 1.165) is 12.2 Å². The lowest BCUT2D eigenvalue weighted by molar-refractivity contribution is 0.0954. The van der Waals surface area contributed by atoms with Crippen LogP contribution in [0.5, 0.6) is 0 Å². The first kappa shape index (κ1) is 22.9. The molecule has 0 aliphatic heterocycles. The molecule has 6 nitrogen and oxygen atoms in total. The van der Waals surface area contributed by atoms with E-state index in [2.05, 4.69) is 42.3 Å². The topological polar surface area (TPSA) is 69.7 Å². The smallest absolute Gasteiger partial charge is 0.251 e. The number of amides is 1. The van der Waals surface area contributed by atoms with Gasteiger partial charge in [0, 0.05) is 44.0 Å². The van der Waals surface area contributed by atoms with Crippen LogP contribution in [0.1, 0.15) is 36.7 Å². The van der Waals surface area contributed by atoms with Crippen LogP contribution in [0.15, 0.2) is 53.4 Å². The second kappa shape index (κ2) is 10.4. The van der Waals surface area contributed by atoms with Gasteiger partial charge in [0.25, 0.3) is 5.91 Å². The average molecular weight is 418 g/mol. The van der Waals surface area contributed by atoms with Crippen LogP contribution in [0.2, 0.25) is 0 Å². The van der Waals surface area contributed by atoms with Crippen molar-refractivity contribution in [1.29, 1.82) is 0 Å². The molecule has 29 heavy (non-hydrogen) atoms. The summed E-state index contributed by atoms with van der Waals surface area (Å²) in [6, 6.07) is 14.4. The Morgan fingerprint density at radius 3 is 2.17 bits per heavy atom. The van der Waals surface area contributed by atoms with Crippen LogP contribution < -0.4 is 10.2 Å². The number of sulfonamides is 1. The molecule has 0 aromatic heterocycles. The molecule has 2 aromatic carbocycles. The van der Waals surface area contributed by atoms with E-state index in [0.29, 0.717) is 31.7 Å². The van der Waals surface area contributed by atoms with E-state index < -0.39 is 10.0 Å². The van der Waals surface area contributed by atoms with E-state index in [1.807, 2.05) is 6.07 Å². The minimum Gasteiger partial charge on any atom is -0.370 e. The minimum absolute atomic E-state index is 0.203. The van der Waals surface area contributed by atoms with E-state index in [9.17, 15) is 13.2 Å². The van der Waals surface area contributed by atoms with Gasteiger partial charge >= 0.3 is 0 Å². The van der Waals surface area contributed by atoms with Crippen molar-refractivity contribution in [2.45, 2.75) is 32.6 Å². The largest absolute Gasteiger partial charge is 0.370 e. The van der Waals surface area contributed by atoms with E-state index in [1.54, 1.807) is 26.0 Å². The molecule has 0 atom stereocenters. The Kier molecular flexibility index (Phi) is 8.22. The van der Waals surface area contributed by atoms with Crippen LogP contribution in [0.3, 0.4) is 0 Å². The van der Waals surface area contributed by atoms with E-state index >= 15 is 0 Å². The highest BCUT2D eigenvalue weighted by Crippen LogP contribution is 2.17. The second-order valence-electron chi connectivity index (χ2n) is 6.79. The summed E-state index contributed by atoms with van der Waals surface area (Å²) in [5.41, 5.74) is 2.78. The number of nitrogens with zero attached hydrogens (tertiary/aromatic N) is 2. The van der Waals surface area contributed by atoms with Crippen molar-refractivity contribution in [3.63, 3.8) is 0 Å². The van der Waals surface area contributed by atoms with Crippen LogP contribution in [0.4, 0.5) is 5.69 Å². The van der Waals surface area contributed by atoms with Crippen LogP contribution in [0, 0.1) is 6.92 Å². The maximum atomic E-state index is 12.5. The van der Waals surface area contributed by atoms with Crippen LogP contribution in [0.25, 0.3) is 0 Å². The predicted molar refractivity (Wildman–Crippen MR) is 118 cm³/mol. The van der Waals surface area contributed by atoms with Gasteiger partial charge in [-0.1, -0.05) is 26.0 Å². The Morgan fingerprint density at radius 1 is 0.966 bits per heavy atom. The van der Waals surface area contributed by atoms with Gasteiger partial charge in [-0.15, -0.1) is 0 Å². The normalized spacial score (nSPS) is 11.5. The lowest BCUT2D eigenvalue weighted by Crippen LogP contribution is -2.35. The molecule has 1 N–H and O–H groups in total. The standard InChI is InChI=1S/C22H31N3O3S/c1-5-24(20-10-8-9-18(4)17-20)16-15-23-22(26)19-11-13-21(14-12-19)29(27,28)25(6-2)7-3/h8-14,17H,5-7,15-16H2,1-4H3,(H,23,26). The molecular weight excluding hydrogens is 386 g/mol. The highest BCUT2D eigenvalue weighted by molar-refractivity contribution is 7.89. The maximum Gasteiger partial charge on any atom is 0.251 e. The first-order valence-electron chi connectivity index (χ1n) is 10.0. The summed E-state index contributed by atoms with van der Waals surface area (Å²) in [5.74, 6) is -0.211. The van der Waals surface area contributed by atoms with Gasteiger partial charge in [0.2, 0.25) is 10.0 Å². The lowest BCUT2D eigenvalue weighted by Gasteiger charge is -2.23. The Bertz CT molecular complexity index is 907. The summed E-state index contributed by atoms with van der Waals surface area (Å²) < 4.78 is 26.5. The number of aryl methyl sites for hydroxylation is 1. The van der Waals surface area contributed by atoms with Crippen molar-refractivity contribution >= 4 is 21.6 Å². The summed E-state index contributed by atoms with van der Waals surface area (Å²) in [6.07, 6.45) is 0. The minimum atomic E-state index is -3.51. The zero-order valence-corrected chi connectivity index (χ0v) is 18.5. The van der Waals surface area contributed by atoms with Gasteiger partial charge < -0.3 is 10.2 Å². The molecule has 0 saturated heterocycles. The molecule has 0 spiro atoms. The monoisotopic (exact) mass is 417 g/mol. The molecule has 0 fully saturated rings. The number of carbonyl (C=O) groups is 1. The summed E-state index contributed by atoms with van der Waals surface area (Å²) in [4.78, 5) is 14.8. The number of hydrogen-bond acceptors (Lipinski definition) is 4. The molecule has 0 radical (unpaired) electrons. The molecule has 0 aliphatic rings. The van der Waals surface area contributed by atoms with Crippen molar-refractivity contribution in [3.8, 4) is 0 Å². The SMILES string of the molecule is CCN(CCNC(=O)c1ccc(S(=O)(=O)N(CC)CC)cc1)c1cccc(C)c1. The third-order valence-corrected chi connectivity index (χ3v) is 6.94. The number of carbonyl (C=O) groups excluding carboxylic acids is 1. The maximum absolute atomic E-state index is 12.5. The third-order valence-electron chi connectivity index (χ3n) is 4.88. The molecule has 0 unspecified atom stereocenters. The van der Waals surface area contributed by atoms with Crippen LogP contribution in [-0.4, -0.2) is 51.4 Å². The summed E-state index contributed by atoms with van der Waals surface area (Å²) in [7, 11) is -3.51. The molecule has 7 heteroatoms. The molecule has 1 amide bonds. The third kappa shape index (κ3) is 5.81. The molecule has 2 aromatic rings. The van der Waals surface area contributed by atoms with E-state index in [4.69, 9.17) is 0 Å². The number of benzene rings is 2. The Balaban J connectivity index is 1.97. The van der Waals surface area contributed by atoms with Crippen LogP contribution in [-0.2, 0) is 10.0 Å². The summed E-state index contributed by atoms with van der Waals surface area (Å²) in [5, 5.41) is 2.91. The average Bonchev–Trinajstić information content (AvgIpc) is 2.72. The van der Waals surface area contributed by atoms with Gasteiger partial charge in [-0.2, -0.15) is 4.31 Å². The fraction of sp³-hybridized carbons (Fsp3) is 0.409. The molecule has 0 aliphatic carbocycles. The fourth-order valence-corrected chi connectivity index (χ4v) is 4.65. The van der Waals surface area contributed by atoms with Gasteiger partial charge in [0.05, 0.1) is 4.90 Å². The van der Waals surface area contributed by atoms with Crippen LogP contribution >= 0.6 is 0 Å². The molecule has 0 bridgehead atoms. The Hall–Kier alpha value is -2.38. The highest BCUT2D eigenvalue weighted by atomic mass is 32.2. The molecule has 2 rings (SSSR count). The number of anilines is 1. The zero-order valence-electron chi connectivity index (χ0n) is 17.7. The van der Waals surface area contributed by atoms with Gasteiger partial charge in [0.15, 0.2) is 0 Å². The van der Waals surface area contributed by atoms with Gasteiger partial charge in [0.1, 0.15) is 0 Å². The van der Waals surface area contributed by atoms with Crippen molar-refractivity contribution < 1.29 is 13.2 Å². The number of likely N-dealkylation sites (N-methyl/N-ethyl adjacent to an activating group) is 1. The quantitative estimate of drug-likeness (QED) is 0.644. The second-order valence-corrected chi connectivity index (χ2v) is 8.73. The Labute approximate surface area is 174 Å². The van der Waals surface area contributed by atoms with Gasteiger partial charge in [-0.25, -0.2) is 8.42 Å². The predicted octanol–water partition coefficient (Wildman–Crippen LogP) is 3.28. The molecule has 0 saturated carbocycles. The van der Waals surface area contributed by atoms with E-state index in [-0.39, 0.29) is 10.8 Å². The van der Waals surface area contributed by atoms with E-state index in [1.165, 1.54) is 22.0 Å². The number of rotatable bonds is 10. The molecular formula is C22H31N3O3S. The van der Waals surface area contributed by atoms with Crippen molar-refractivity contribution in [2.24, 2.45) is 0 Å². The van der Waals surface area contributed by atoms with Crippen molar-refractivity contribution in [2.75, 3.05) is 37.6 Å².